The van der Waals surface area contributed by atoms with Gasteiger partial charge in [0, 0.05) is 5.56 Å². The van der Waals surface area contributed by atoms with Gasteiger partial charge >= 0.3 is 5.97 Å². The van der Waals surface area contributed by atoms with Gasteiger partial charge in [0.1, 0.15) is 17.6 Å². The fourth-order valence-corrected chi connectivity index (χ4v) is 3.48. The number of ether oxygens (including phenoxy) is 1. The van der Waals surface area contributed by atoms with Crippen LogP contribution in [0.5, 0.6) is 0 Å². The average Bonchev–Trinajstić information content (AvgIpc) is 3.34. The van der Waals surface area contributed by atoms with E-state index in [-0.39, 0.29) is 17.5 Å². The number of benzene rings is 2. The summed E-state index contributed by atoms with van der Waals surface area (Å²) in [6, 6.07) is 16.1. The molecule has 0 radical (unpaired) electrons. The fourth-order valence-electron chi connectivity index (χ4n) is 3.25. The molecule has 8 nitrogen and oxygen atoms in total. The number of rotatable bonds is 10. The van der Waals surface area contributed by atoms with Crippen molar-refractivity contribution in [3.05, 3.63) is 82.6 Å². The number of nitrogens with zero attached hydrogens (tertiary/aromatic N) is 1. The number of furan rings is 1. The second-order valence-electron chi connectivity index (χ2n) is 8.32. The van der Waals surface area contributed by atoms with Gasteiger partial charge in [-0.15, -0.1) is 0 Å². The van der Waals surface area contributed by atoms with Crippen LogP contribution in [0.2, 0.25) is 5.02 Å². The van der Waals surface area contributed by atoms with Crippen LogP contribution < -0.4 is 10.7 Å². The predicted octanol–water partition coefficient (Wildman–Crippen LogP) is 5.07. The van der Waals surface area contributed by atoms with E-state index < -0.39 is 17.9 Å². The molecule has 1 atom stereocenters. The molecule has 36 heavy (non-hydrogen) atoms. The van der Waals surface area contributed by atoms with Crippen LogP contribution in [-0.2, 0) is 9.53 Å². The number of hydrazone groups is 1. The standard InChI is InChI=1S/C27H28ClN3O5/c1-4-15-35-27(34)19-11-9-18(10-12-19)23-14-13-20(36-23)16-29-31-26(33)24(17(2)3)30-25(32)21-7-5-6-8-22(21)28/h5-14,16-17,24H,4,15H2,1-3H3,(H,30,32)(H,31,33)/b29-16-. The summed E-state index contributed by atoms with van der Waals surface area (Å²) in [4.78, 5) is 37.2. The van der Waals surface area contributed by atoms with Gasteiger partial charge in [-0.05, 0) is 48.7 Å². The molecule has 1 unspecified atom stereocenters. The number of hydrogen-bond acceptors (Lipinski definition) is 6. The highest BCUT2D eigenvalue weighted by Gasteiger charge is 2.25. The maximum atomic E-state index is 12.7. The predicted molar refractivity (Wildman–Crippen MR) is 138 cm³/mol. The van der Waals surface area contributed by atoms with Gasteiger partial charge in [-0.1, -0.05) is 56.6 Å². The summed E-state index contributed by atoms with van der Waals surface area (Å²) < 4.78 is 10.9. The molecule has 9 heteroatoms. The minimum absolute atomic E-state index is 0.191. The SMILES string of the molecule is CCCOC(=O)c1ccc(-c2ccc(/C=N\NC(=O)C(NC(=O)c3ccccc3Cl)C(C)C)o2)cc1. The second-order valence-corrected chi connectivity index (χ2v) is 8.73. The zero-order valence-electron chi connectivity index (χ0n) is 20.3. The van der Waals surface area contributed by atoms with Crippen LogP contribution in [0.1, 0.15) is 53.7 Å². The summed E-state index contributed by atoms with van der Waals surface area (Å²) >= 11 is 6.08. The Hall–Kier alpha value is -3.91. The number of hydrogen-bond donors (Lipinski definition) is 2. The van der Waals surface area contributed by atoms with Crippen molar-refractivity contribution in [2.75, 3.05) is 6.61 Å². The van der Waals surface area contributed by atoms with Crippen molar-refractivity contribution < 1.29 is 23.5 Å². The molecule has 2 aromatic carbocycles. The van der Waals surface area contributed by atoms with E-state index in [4.69, 9.17) is 20.8 Å². The molecule has 0 fully saturated rings. The molecule has 188 valence electrons. The molecule has 2 N–H and O–H groups in total. The first kappa shape index (κ1) is 26.7. The Labute approximate surface area is 214 Å². The molecule has 0 spiro atoms. The normalized spacial score (nSPS) is 11.9. The third-order valence-corrected chi connectivity index (χ3v) is 5.52. The molecule has 2 amide bonds. The van der Waals surface area contributed by atoms with Gasteiger partial charge in [0.15, 0.2) is 0 Å². The third-order valence-electron chi connectivity index (χ3n) is 5.19. The number of halogens is 1. The molecule has 0 saturated heterocycles. The van der Waals surface area contributed by atoms with Crippen molar-refractivity contribution in [2.24, 2.45) is 11.0 Å². The fraction of sp³-hybridized carbons (Fsp3) is 0.259. The quantitative estimate of drug-likeness (QED) is 0.225. The summed E-state index contributed by atoms with van der Waals surface area (Å²) in [5.41, 5.74) is 3.96. The number of amides is 2. The van der Waals surface area contributed by atoms with Crippen LogP contribution in [-0.4, -0.2) is 36.6 Å². The number of nitrogens with one attached hydrogen (secondary N) is 2. The van der Waals surface area contributed by atoms with E-state index >= 15 is 0 Å². The van der Waals surface area contributed by atoms with E-state index in [2.05, 4.69) is 15.8 Å². The molecule has 0 saturated carbocycles. The van der Waals surface area contributed by atoms with Gasteiger partial charge < -0.3 is 14.5 Å². The largest absolute Gasteiger partial charge is 0.462 e. The van der Waals surface area contributed by atoms with Gasteiger partial charge in [-0.25, -0.2) is 10.2 Å². The van der Waals surface area contributed by atoms with E-state index in [1.807, 2.05) is 20.8 Å². The van der Waals surface area contributed by atoms with Gasteiger partial charge in [-0.3, -0.25) is 9.59 Å². The summed E-state index contributed by atoms with van der Waals surface area (Å²) in [5.74, 6) is -0.489. The lowest BCUT2D eigenvalue weighted by Crippen LogP contribution is -2.48. The minimum Gasteiger partial charge on any atom is -0.462 e. The van der Waals surface area contributed by atoms with E-state index in [9.17, 15) is 14.4 Å². The van der Waals surface area contributed by atoms with Crippen molar-refractivity contribution in [3.8, 4) is 11.3 Å². The van der Waals surface area contributed by atoms with Gasteiger partial charge in [0.05, 0.1) is 29.0 Å². The van der Waals surface area contributed by atoms with Crippen molar-refractivity contribution in [1.29, 1.82) is 0 Å². The van der Waals surface area contributed by atoms with E-state index in [1.54, 1.807) is 60.7 Å². The lowest BCUT2D eigenvalue weighted by molar-refractivity contribution is -0.123. The van der Waals surface area contributed by atoms with Crippen molar-refractivity contribution >= 4 is 35.6 Å². The van der Waals surface area contributed by atoms with Gasteiger partial charge in [-0.2, -0.15) is 5.10 Å². The highest BCUT2D eigenvalue weighted by molar-refractivity contribution is 6.33. The number of carbonyl (C=O) groups excluding carboxylic acids is 3. The smallest absolute Gasteiger partial charge is 0.338 e. The van der Waals surface area contributed by atoms with Crippen LogP contribution in [0, 0.1) is 5.92 Å². The minimum atomic E-state index is -0.819. The molecule has 0 aliphatic carbocycles. The molecular formula is C27H28ClN3O5. The highest BCUT2D eigenvalue weighted by atomic mass is 35.5. The van der Waals surface area contributed by atoms with E-state index in [0.717, 1.165) is 12.0 Å². The lowest BCUT2D eigenvalue weighted by atomic mass is 10.0. The first-order chi connectivity index (χ1) is 17.3. The lowest BCUT2D eigenvalue weighted by Gasteiger charge is -2.20. The average molecular weight is 510 g/mol. The summed E-state index contributed by atoms with van der Waals surface area (Å²) in [6.45, 7) is 5.94. The number of carbonyl (C=O) groups is 3. The molecule has 1 aromatic heterocycles. The van der Waals surface area contributed by atoms with Crippen molar-refractivity contribution in [1.82, 2.24) is 10.7 Å². The maximum Gasteiger partial charge on any atom is 0.338 e. The summed E-state index contributed by atoms with van der Waals surface area (Å²) in [7, 11) is 0. The highest BCUT2D eigenvalue weighted by Crippen LogP contribution is 2.22. The third kappa shape index (κ3) is 7.05. The van der Waals surface area contributed by atoms with Crippen LogP contribution in [0.25, 0.3) is 11.3 Å². The van der Waals surface area contributed by atoms with Gasteiger partial charge in [0.2, 0.25) is 0 Å². The summed E-state index contributed by atoms with van der Waals surface area (Å²) in [5, 5.41) is 6.97. The van der Waals surface area contributed by atoms with Crippen LogP contribution in [0.15, 0.2) is 70.2 Å². The molecule has 3 aromatic rings. The van der Waals surface area contributed by atoms with E-state index in [0.29, 0.717) is 28.7 Å². The zero-order valence-corrected chi connectivity index (χ0v) is 21.0. The second kappa shape index (κ2) is 12.7. The van der Waals surface area contributed by atoms with Crippen molar-refractivity contribution in [3.63, 3.8) is 0 Å². The molecular weight excluding hydrogens is 482 g/mol. The van der Waals surface area contributed by atoms with Crippen LogP contribution in [0.3, 0.4) is 0 Å². The van der Waals surface area contributed by atoms with Crippen LogP contribution in [0.4, 0.5) is 0 Å². The number of esters is 1. The Balaban J connectivity index is 1.60. The first-order valence-corrected chi connectivity index (χ1v) is 11.9. The molecule has 0 aliphatic rings. The Bertz CT molecular complexity index is 1230. The zero-order chi connectivity index (χ0) is 26.1. The molecule has 1 heterocycles. The van der Waals surface area contributed by atoms with Crippen molar-refractivity contribution in [2.45, 2.75) is 33.2 Å². The first-order valence-electron chi connectivity index (χ1n) is 11.6. The molecule has 0 bridgehead atoms. The Morgan fingerprint density at radius 2 is 1.78 bits per heavy atom. The van der Waals surface area contributed by atoms with Crippen LogP contribution >= 0.6 is 11.6 Å². The molecule has 3 rings (SSSR count). The Morgan fingerprint density at radius 1 is 1.06 bits per heavy atom. The topological polar surface area (TPSA) is 110 Å². The monoisotopic (exact) mass is 509 g/mol. The Kier molecular flexibility index (Phi) is 9.41. The maximum absolute atomic E-state index is 12.7. The molecule has 0 aliphatic heterocycles. The van der Waals surface area contributed by atoms with Gasteiger partial charge in [0.25, 0.3) is 11.8 Å². The van der Waals surface area contributed by atoms with E-state index in [1.165, 1.54) is 6.21 Å². The Morgan fingerprint density at radius 3 is 2.44 bits per heavy atom. The summed E-state index contributed by atoms with van der Waals surface area (Å²) in [6.07, 6.45) is 2.13.